The van der Waals surface area contributed by atoms with Gasteiger partial charge in [-0.2, -0.15) is 0 Å². The first-order valence-electron chi connectivity index (χ1n) is 12.9. The molecular formula is C30H35Cl2N3O5S. The standard InChI is InChI=1S/C30H35Cl2N3O5S/c1-30(2,3)33-29(37)27(18-21-9-7-6-8-10-21)34(19-22-11-16-25(31)26(32)17-22)28(36)20-35(41(5,38)39)23-12-14-24(40-4)15-13-23/h6-17,27H,18-20H2,1-5H3,(H,33,37). The minimum Gasteiger partial charge on any atom is -0.497 e. The lowest BCUT2D eigenvalue weighted by Gasteiger charge is -2.35. The molecule has 0 aromatic heterocycles. The van der Waals surface area contributed by atoms with Crippen molar-refractivity contribution in [2.75, 3.05) is 24.2 Å². The second kappa shape index (κ2) is 13.6. The van der Waals surface area contributed by atoms with Crippen LogP contribution in [0.4, 0.5) is 5.69 Å². The van der Waals surface area contributed by atoms with Crippen LogP contribution in [0.1, 0.15) is 31.9 Å². The molecule has 8 nitrogen and oxygen atoms in total. The zero-order valence-corrected chi connectivity index (χ0v) is 26.1. The second-order valence-electron chi connectivity index (χ2n) is 10.7. The predicted octanol–water partition coefficient (Wildman–Crippen LogP) is 5.32. The Labute approximate surface area is 252 Å². The van der Waals surface area contributed by atoms with Gasteiger partial charge in [-0.25, -0.2) is 8.42 Å². The molecule has 0 aliphatic rings. The molecule has 1 N–H and O–H groups in total. The van der Waals surface area contributed by atoms with Crippen LogP contribution in [0, 0.1) is 0 Å². The van der Waals surface area contributed by atoms with Crippen LogP contribution in [0.15, 0.2) is 72.8 Å². The van der Waals surface area contributed by atoms with E-state index in [0.717, 1.165) is 16.1 Å². The molecule has 1 atom stereocenters. The highest BCUT2D eigenvalue weighted by molar-refractivity contribution is 7.92. The fourth-order valence-electron chi connectivity index (χ4n) is 4.20. The van der Waals surface area contributed by atoms with E-state index in [4.69, 9.17) is 27.9 Å². The number of sulfonamides is 1. The maximum atomic E-state index is 14.1. The summed E-state index contributed by atoms with van der Waals surface area (Å²) in [5.41, 5.74) is 1.18. The number of methoxy groups -OCH3 is 1. The number of hydrogen-bond acceptors (Lipinski definition) is 5. The van der Waals surface area contributed by atoms with Crippen LogP contribution in [0.5, 0.6) is 5.75 Å². The quantitative estimate of drug-likeness (QED) is 0.313. The summed E-state index contributed by atoms with van der Waals surface area (Å²) in [6, 6.07) is 19.7. The van der Waals surface area contributed by atoms with Crippen LogP contribution >= 0.6 is 23.2 Å². The van der Waals surface area contributed by atoms with Crippen molar-refractivity contribution < 1.29 is 22.7 Å². The Morgan fingerprint density at radius 3 is 2.10 bits per heavy atom. The van der Waals surface area contributed by atoms with E-state index in [1.165, 1.54) is 12.0 Å². The van der Waals surface area contributed by atoms with Crippen LogP contribution < -0.4 is 14.4 Å². The summed E-state index contributed by atoms with van der Waals surface area (Å²) in [6.07, 6.45) is 1.23. The summed E-state index contributed by atoms with van der Waals surface area (Å²) in [4.78, 5) is 29.3. The Morgan fingerprint density at radius 1 is 0.927 bits per heavy atom. The normalized spacial score (nSPS) is 12.4. The van der Waals surface area contributed by atoms with E-state index in [2.05, 4.69) is 5.32 Å². The van der Waals surface area contributed by atoms with E-state index in [0.29, 0.717) is 21.4 Å². The summed E-state index contributed by atoms with van der Waals surface area (Å²) < 4.78 is 32.0. The number of carbonyl (C=O) groups is 2. The summed E-state index contributed by atoms with van der Waals surface area (Å²) in [5.74, 6) is -0.399. The number of hydrogen-bond donors (Lipinski definition) is 1. The lowest BCUT2D eigenvalue weighted by atomic mass is 10.0. The molecule has 1 unspecified atom stereocenters. The smallest absolute Gasteiger partial charge is 0.244 e. The average molecular weight is 621 g/mol. The fraction of sp³-hybridized carbons (Fsp3) is 0.333. The third-order valence-electron chi connectivity index (χ3n) is 6.15. The molecule has 0 aliphatic heterocycles. The van der Waals surface area contributed by atoms with Gasteiger partial charge in [0.15, 0.2) is 0 Å². The van der Waals surface area contributed by atoms with Crippen molar-refractivity contribution in [1.29, 1.82) is 0 Å². The van der Waals surface area contributed by atoms with Gasteiger partial charge in [-0.15, -0.1) is 0 Å². The summed E-state index contributed by atoms with van der Waals surface area (Å²) >= 11 is 12.4. The van der Waals surface area contributed by atoms with Gasteiger partial charge in [0.25, 0.3) is 0 Å². The molecule has 0 bridgehead atoms. The zero-order valence-electron chi connectivity index (χ0n) is 23.7. The highest BCUT2D eigenvalue weighted by Crippen LogP contribution is 2.26. The molecule has 0 fully saturated rings. The van der Waals surface area contributed by atoms with Gasteiger partial charge in [-0.3, -0.25) is 13.9 Å². The van der Waals surface area contributed by atoms with Crippen LogP contribution in [0.25, 0.3) is 0 Å². The van der Waals surface area contributed by atoms with E-state index >= 15 is 0 Å². The monoisotopic (exact) mass is 619 g/mol. The highest BCUT2D eigenvalue weighted by atomic mass is 35.5. The molecule has 0 radical (unpaired) electrons. The SMILES string of the molecule is COc1ccc(N(CC(=O)N(Cc2ccc(Cl)c(Cl)c2)C(Cc2ccccc2)C(=O)NC(C)(C)C)S(C)(=O)=O)cc1. The number of carbonyl (C=O) groups excluding carboxylic acids is 2. The van der Waals surface area contributed by atoms with Gasteiger partial charge in [0, 0.05) is 18.5 Å². The summed E-state index contributed by atoms with van der Waals surface area (Å²) in [5, 5.41) is 3.63. The minimum absolute atomic E-state index is 0.00893. The van der Waals surface area contributed by atoms with Gasteiger partial charge in [0.1, 0.15) is 18.3 Å². The largest absolute Gasteiger partial charge is 0.497 e. The highest BCUT2D eigenvalue weighted by Gasteiger charge is 2.34. The number of anilines is 1. The van der Waals surface area contributed by atoms with E-state index in [1.807, 2.05) is 51.1 Å². The van der Waals surface area contributed by atoms with Crippen molar-refractivity contribution >= 4 is 50.7 Å². The third-order valence-corrected chi connectivity index (χ3v) is 8.03. The van der Waals surface area contributed by atoms with Gasteiger partial charge >= 0.3 is 0 Å². The van der Waals surface area contributed by atoms with Gasteiger partial charge in [0.05, 0.1) is 29.1 Å². The van der Waals surface area contributed by atoms with Crippen LogP contribution in [0.3, 0.4) is 0 Å². The van der Waals surface area contributed by atoms with Crippen molar-refractivity contribution in [1.82, 2.24) is 10.2 Å². The topological polar surface area (TPSA) is 96.0 Å². The number of halogens is 2. The maximum absolute atomic E-state index is 14.1. The molecule has 3 aromatic rings. The first-order chi connectivity index (χ1) is 19.2. The molecule has 11 heteroatoms. The molecule has 0 saturated heterocycles. The van der Waals surface area contributed by atoms with Crippen molar-refractivity contribution in [3.8, 4) is 5.75 Å². The summed E-state index contributed by atoms with van der Waals surface area (Å²) in [7, 11) is -2.38. The molecule has 41 heavy (non-hydrogen) atoms. The molecule has 0 aliphatic carbocycles. The molecule has 0 saturated carbocycles. The number of amides is 2. The van der Waals surface area contributed by atoms with Crippen molar-refractivity contribution in [2.45, 2.75) is 45.3 Å². The Kier molecular flexibility index (Phi) is 10.7. The number of nitrogens with one attached hydrogen (secondary N) is 1. The van der Waals surface area contributed by atoms with Crippen LogP contribution in [-0.2, 0) is 32.6 Å². The fourth-order valence-corrected chi connectivity index (χ4v) is 5.37. The van der Waals surface area contributed by atoms with Gasteiger partial charge in [0.2, 0.25) is 21.8 Å². The molecule has 3 rings (SSSR count). The zero-order chi connectivity index (χ0) is 30.4. The Bertz CT molecular complexity index is 1460. The van der Waals surface area contributed by atoms with E-state index in [1.54, 1.807) is 42.5 Å². The Hall–Kier alpha value is -3.27. The van der Waals surface area contributed by atoms with Crippen molar-refractivity contribution in [2.24, 2.45) is 0 Å². The first-order valence-corrected chi connectivity index (χ1v) is 15.5. The van der Waals surface area contributed by atoms with E-state index < -0.39 is 34.1 Å². The number of rotatable bonds is 11. The van der Waals surface area contributed by atoms with Gasteiger partial charge in [-0.05, 0) is 68.3 Å². The van der Waals surface area contributed by atoms with Gasteiger partial charge < -0.3 is 15.0 Å². The molecule has 0 heterocycles. The second-order valence-corrected chi connectivity index (χ2v) is 13.4. The van der Waals surface area contributed by atoms with Crippen molar-refractivity contribution in [3.63, 3.8) is 0 Å². The van der Waals surface area contributed by atoms with Crippen LogP contribution in [-0.4, -0.2) is 56.6 Å². The van der Waals surface area contributed by atoms with E-state index in [-0.39, 0.29) is 24.6 Å². The molecular weight excluding hydrogens is 585 g/mol. The number of ether oxygens (including phenoxy) is 1. The Balaban J connectivity index is 2.08. The molecule has 2 amide bonds. The Morgan fingerprint density at radius 2 is 1.56 bits per heavy atom. The van der Waals surface area contributed by atoms with Gasteiger partial charge in [-0.1, -0.05) is 59.6 Å². The van der Waals surface area contributed by atoms with E-state index in [9.17, 15) is 18.0 Å². The molecule has 0 spiro atoms. The minimum atomic E-state index is -3.88. The first kappa shape index (κ1) is 32.2. The average Bonchev–Trinajstić information content (AvgIpc) is 2.90. The van der Waals surface area contributed by atoms with Crippen molar-refractivity contribution in [3.05, 3.63) is 94.0 Å². The number of nitrogens with zero attached hydrogens (tertiary/aromatic N) is 2. The third kappa shape index (κ3) is 9.38. The molecule has 3 aromatic carbocycles. The lowest BCUT2D eigenvalue weighted by molar-refractivity contribution is -0.140. The predicted molar refractivity (Wildman–Crippen MR) is 164 cm³/mol. The summed E-state index contributed by atoms with van der Waals surface area (Å²) in [6.45, 7) is 5.02. The molecule has 220 valence electrons. The number of benzene rings is 3. The maximum Gasteiger partial charge on any atom is 0.244 e. The lowest BCUT2D eigenvalue weighted by Crippen LogP contribution is -2.56. The van der Waals surface area contributed by atoms with Crippen LogP contribution in [0.2, 0.25) is 10.0 Å².